The molecule has 2 aliphatic rings. The standard InChI is InChI=1S/C19H26FN3O2/c1-19(2,3)16-11-23(8-7-22(16)4)18(25)14-10-12-9-13(20)5-6-15(12)21-17(14)24/h5-6,9,14,16H,7-8,10-11H2,1-4H3,(H,21,24). The summed E-state index contributed by atoms with van der Waals surface area (Å²) >= 11 is 0. The molecule has 1 N–H and O–H groups in total. The van der Waals surface area contributed by atoms with Crippen LogP contribution in [-0.2, 0) is 16.0 Å². The molecule has 2 heterocycles. The van der Waals surface area contributed by atoms with E-state index in [-0.39, 0.29) is 35.5 Å². The summed E-state index contributed by atoms with van der Waals surface area (Å²) in [6.45, 7) is 8.49. The molecule has 3 rings (SSSR count). The van der Waals surface area contributed by atoms with Gasteiger partial charge in [0.2, 0.25) is 11.8 Å². The fourth-order valence-electron chi connectivity index (χ4n) is 3.81. The molecule has 1 fully saturated rings. The predicted octanol–water partition coefficient (Wildman–Crippen LogP) is 2.13. The smallest absolute Gasteiger partial charge is 0.237 e. The Morgan fingerprint density at radius 2 is 2.00 bits per heavy atom. The Hall–Kier alpha value is -1.95. The third kappa shape index (κ3) is 3.54. The number of rotatable bonds is 1. The van der Waals surface area contributed by atoms with Crippen molar-refractivity contribution in [3.05, 3.63) is 29.6 Å². The van der Waals surface area contributed by atoms with Gasteiger partial charge in [-0.1, -0.05) is 20.8 Å². The zero-order chi connectivity index (χ0) is 18.4. The number of carbonyl (C=O) groups excluding carboxylic acids is 2. The fraction of sp³-hybridized carbons (Fsp3) is 0.579. The predicted molar refractivity (Wildman–Crippen MR) is 94.7 cm³/mol. The summed E-state index contributed by atoms with van der Waals surface area (Å²) in [5.74, 6) is -1.59. The maximum absolute atomic E-state index is 13.5. The molecule has 0 spiro atoms. The average molecular weight is 347 g/mol. The van der Waals surface area contributed by atoms with E-state index in [0.29, 0.717) is 24.3 Å². The van der Waals surface area contributed by atoms with Crippen LogP contribution in [0.5, 0.6) is 0 Å². The van der Waals surface area contributed by atoms with Crippen molar-refractivity contribution in [2.75, 3.05) is 32.0 Å². The number of halogens is 1. The lowest BCUT2D eigenvalue weighted by molar-refractivity contribution is -0.143. The quantitative estimate of drug-likeness (QED) is 0.792. The third-order valence-corrected chi connectivity index (χ3v) is 5.32. The van der Waals surface area contributed by atoms with Crippen molar-refractivity contribution in [2.24, 2.45) is 11.3 Å². The summed E-state index contributed by atoms with van der Waals surface area (Å²) in [6.07, 6.45) is 0.254. The Labute approximate surface area is 148 Å². The Bertz CT molecular complexity index is 698. The highest BCUT2D eigenvalue weighted by atomic mass is 19.1. The largest absolute Gasteiger partial charge is 0.339 e. The second kappa shape index (κ2) is 6.41. The number of nitrogens with one attached hydrogen (secondary N) is 1. The number of hydrogen-bond donors (Lipinski definition) is 1. The molecule has 136 valence electrons. The second-order valence-corrected chi connectivity index (χ2v) is 8.19. The summed E-state index contributed by atoms with van der Waals surface area (Å²) in [5.41, 5.74) is 1.32. The summed E-state index contributed by atoms with van der Waals surface area (Å²) in [4.78, 5) is 29.5. The zero-order valence-electron chi connectivity index (χ0n) is 15.3. The van der Waals surface area contributed by atoms with Crippen molar-refractivity contribution in [1.29, 1.82) is 0 Å². The van der Waals surface area contributed by atoms with Crippen molar-refractivity contribution < 1.29 is 14.0 Å². The van der Waals surface area contributed by atoms with Crippen molar-refractivity contribution >= 4 is 17.5 Å². The molecule has 1 aromatic rings. The van der Waals surface area contributed by atoms with Crippen molar-refractivity contribution in [3.63, 3.8) is 0 Å². The number of piperazine rings is 1. The van der Waals surface area contributed by atoms with Gasteiger partial charge in [0.05, 0.1) is 0 Å². The number of likely N-dealkylation sites (N-methyl/N-ethyl adjacent to an activating group) is 1. The van der Waals surface area contributed by atoms with Gasteiger partial charge in [0, 0.05) is 31.4 Å². The lowest BCUT2D eigenvalue weighted by Gasteiger charge is -2.46. The van der Waals surface area contributed by atoms with Crippen LogP contribution in [-0.4, -0.2) is 54.3 Å². The number of carbonyl (C=O) groups is 2. The van der Waals surface area contributed by atoms with Crippen LogP contribution >= 0.6 is 0 Å². The van der Waals surface area contributed by atoms with Gasteiger partial charge in [0.1, 0.15) is 11.7 Å². The molecule has 0 aromatic heterocycles. The summed E-state index contributed by atoms with van der Waals surface area (Å²) < 4.78 is 13.5. The first-order valence-electron chi connectivity index (χ1n) is 8.75. The number of fused-ring (bicyclic) bond motifs is 1. The monoisotopic (exact) mass is 347 g/mol. The second-order valence-electron chi connectivity index (χ2n) is 8.19. The van der Waals surface area contributed by atoms with Gasteiger partial charge in [-0.2, -0.15) is 0 Å². The molecule has 0 aliphatic carbocycles. The third-order valence-electron chi connectivity index (χ3n) is 5.32. The normalized spacial score (nSPS) is 24.7. The number of benzene rings is 1. The van der Waals surface area contributed by atoms with E-state index < -0.39 is 5.92 Å². The van der Waals surface area contributed by atoms with Gasteiger partial charge in [-0.05, 0) is 42.6 Å². The van der Waals surface area contributed by atoms with E-state index in [1.807, 2.05) is 0 Å². The molecule has 2 atom stereocenters. The minimum absolute atomic E-state index is 0.0399. The molecule has 5 nitrogen and oxygen atoms in total. The lowest BCUT2D eigenvalue weighted by Crippen LogP contribution is -2.59. The van der Waals surface area contributed by atoms with Crippen LogP contribution in [0.15, 0.2) is 18.2 Å². The van der Waals surface area contributed by atoms with E-state index >= 15 is 0 Å². The maximum Gasteiger partial charge on any atom is 0.237 e. The molecule has 2 aliphatic heterocycles. The fourth-order valence-corrected chi connectivity index (χ4v) is 3.81. The van der Waals surface area contributed by atoms with Gasteiger partial charge in [0.15, 0.2) is 0 Å². The molecule has 1 saturated heterocycles. The van der Waals surface area contributed by atoms with Gasteiger partial charge in [-0.25, -0.2) is 4.39 Å². The van der Waals surface area contributed by atoms with Gasteiger partial charge in [-0.3, -0.25) is 14.5 Å². The zero-order valence-corrected chi connectivity index (χ0v) is 15.3. The van der Waals surface area contributed by atoms with E-state index in [0.717, 1.165) is 6.54 Å². The van der Waals surface area contributed by atoms with Gasteiger partial charge in [0.25, 0.3) is 0 Å². The molecule has 6 heteroatoms. The number of anilines is 1. The van der Waals surface area contributed by atoms with Crippen molar-refractivity contribution in [1.82, 2.24) is 9.80 Å². The van der Waals surface area contributed by atoms with E-state index in [9.17, 15) is 14.0 Å². The molecule has 0 saturated carbocycles. The highest BCUT2D eigenvalue weighted by Gasteiger charge is 2.40. The Balaban J connectivity index is 1.78. The first kappa shape index (κ1) is 17.9. The van der Waals surface area contributed by atoms with Crippen molar-refractivity contribution in [3.8, 4) is 0 Å². The van der Waals surface area contributed by atoms with Crippen LogP contribution in [0.2, 0.25) is 0 Å². The van der Waals surface area contributed by atoms with Crippen LogP contribution in [0.3, 0.4) is 0 Å². The highest BCUT2D eigenvalue weighted by molar-refractivity contribution is 6.08. The minimum Gasteiger partial charge on any atom is -0.339 e. The topological polar surface area (TPSA) is 52.6 Å². The molecular weight excluding hydrogens is 321 g/mol. The van der Waals surface area contributed by atoms with Gasteiger partial charge in [-0.15, -0.1) is 0 Å². The van der Waals surface area contributed by atoms with Crippen molar-refractivity contribution in [2.45, 2.75) is 33.2 Å². The van der Waals surface area contributed by atoms with Crippen LogP contribution in [0.1, 0.15) is 26.3 Å². The Morgan fingerprint density at radius 1 is 1.28 bits per heavy atom. The minimum atomic E-state index is -0.779. The summed E-state index contributed by atoms with van der Waals surface area (Å²) in [7, 11) is 2.07. The van der Waals surface area contributed by atoms with Gasteiger partial charge >= 0.3 is 0 Å². The van der Waals surface area contributed by atoms with E-state index in [1.165, 1.54) is 12.1 Å². The maximum atomic E-state index is 13.5. The number of amides is 2. The molecule has 1 aromatic carbocycles. The SMILES string of the molecule is CN1CCN(C(=O)C2Cc3cc(F)ccc3NC2=O)CC1C(C)(C)C. The van der Waals surface area contributed by atoms with E-state index in [1.54, 1.807) is 11.0 Å². The van der Waals surface area contributed by atoms with Gasteiger partial charge < -0.3 is 10.2 Å². The summed E-state index contributed by atoms with van der Waals surface area (Å²) in [6, 6.07) is 4.50. The highest BCUT2D eigenvalue weighted by Crippen LogP contribution is 2.30. The molecule has 2 unspecified atom stereocenters. The molecule has 25 heavy (non-hydrogen) atoms. The molecular formula is C19H26FN3O2. The molecule has 2 amide bonds. The number of nitrogens with zero attached hydrogens (tertiary/aromatic N) is 2. The molecule has 0 bridgehead atoms. The first-order valence-corrected chi connectivity index (χ1v) is 8.75. The Morgan fingerprint density at radius 3 is 2.68 bits per heavy atom. The summed E-state index contributed by atoms with van der Waals surface area (Å²) in [5, 5.41) is 2.74. The van der Waals surface area contributed by atoms with Crippen LogP contribution in [0.4, 0.5) is 10.1 Å². The lowest BCUT2D eigenvalue weighted by atomic mass is 9.84. The van der Waals surface area contributed by atoms with Crippen LogP contribution in [0.25, 0.3) is 0 Å². The molecule has 0 radical (unpaired) electrons. The van der Waals surface area contributed by atoms with E-state index in [4.69, 9.17) is 0 Å². The van der Waals surface area contributed by atoms with Crippen LogP contribution in [0, 0.1) is 17.2 Å². The van der Waals surface area contributed by atoms with Crippen LogP contribution < -0.4 is 5.32 Å². The number of hydrogen-bond acceptors (Lipinski definition) is 3. The Kier molecular flexibility index (Phi) is 4.58. The first-order chi connectivity index (χ1) is 11.7. The average Bonchev–Trinajstić information content (AvgIpc) is 2.53. The van der Waals surface area contributed by atoms with E-state index in [2.05, 4.69) is 38.0 Å².